The van der Waals surface area contributed by atoms with Crippen molar-refractivity contribution in [3.05, 3.63) is 66.2 Å². The zero-order chi connectivity index (χ0) is 26.1. The number of anilines is 1. The highest BCUT2D eigenvalue weighted by Crippen LogP contribution is 2.34. The second-order valence-electron chi connectivity index (χ2n) is 9.54. The van der Waals surface area contributed by atoms with Crippen LogP contribution in [0.15, 0.2) is 55.1 Å². The zero-order valence-corrected chi connectivity index (χ0v) is 22.0. The molecule has 6 rings (SSSR count). The molecule has 11 heteroatoms. The Hall–Kier alpha value is -3.93. The van der Waals surface area contributed by atoms with E-state index in [1.54, 1.807) is 23.7 Å². The van der Waals surface area contributed by atoms with Crippen molar-refractivity contribution >= 4 is 44.3 Å². The molecule has 0 radical (unpaired) electrons. The van der Waals surface area contributed by atoms with Gasteiger partial charge in [0.15, 0.2) is 0 Å². The first-order chi connectivity index (χ1) is 18.5. The summed E-state index contributed by atoms with van der Waals surface area (Å²) in [5.41, 5.74) is 4.40. The van der Waals surface area contributed by atoms with Crippen LogP contribution in [0.4, 0.5) is 5.95 Å². The number of pyridine rings is 1. The standard InChI is InChI=1S/C27H28N8O2S/c1-34(2)7-6-29-26(36)18-10-17(12-28-13-18)24-11-22-25(38-24)15-30-27(32-22)35-8-9-37-23(16-35)19-4-3-5-21-20(19)14-31-33-21/h3-5,10-15,23H,6-9,16H2,1-2H3,(H,29,36)(H,31,33). The fourth-order valence-electron chi connectivity index (χ4n) is 4.61. The molecule has 1 atom stereocenters. The number of fused-ring (bicyclic) bond motifs is 2. The minimum Gasteiger partial charge on any atom is -0.370 e. The van der Waals surface area contributed by atoms with Gasteiger partial charge in [-0.25, -0.2) is 9.97 Å². The van der Waals surface area contributed by atoms with Gasteiger partial charge in [0, 0.05) is 47.9 Å². The topological polar surface area (TPSA) is 112 Å². The molecular formula is C27H28N8O2S. The number of carbonyl (C=O) groups is 1. The predicted octanol–water partition coefficient (Wildman–Crippen LogP) is 3.50. The van der Waals surface area contributed by atoms with Gasteiger partial charge in [0.2, 0.25) is 5.95 Å². The number of amides is 1. The Labute approximate surface area is 223 Å². The van der Waals surface area contributed by atoms with Crippen LogP contribution in [-0.4, -0.2) is 82.8 Å². The number of nitrogens with zero attached hydrogens (tertiary/aromatic N) is 6. The molecule has 0 bridgehead atoms. The molecule has 1 saturated heterocycles. The first kappa shape index (κ1) is 24.4. The van der Waals surface area contributed by atoms with E-state index in [9.17, 15) is 4.79 Å². The third kappa shape index (κ3) is 4.95. The Balaban J connectivity index is 1.21. The number of ether oxygens (including phenoxy) is 1. The van der Waals surface area contributed by atoms with Gasteiger partial charge in [-0.05, 0) is 37.9 Å². The van der Waals surface area contributed by atoms with Crippen molar-refractivity contribution in [1.82, 2.24) is 35.4 Å². The lowest BCUT2D eigenvalue weighted by atomic mass is 10.0. The smallest absolute Gasteiger partial charge is 0.252 e. The van der Waals surface area contributed by atoms with Crippen molar-refractivity contribution in [2.75, 3.05) is 51.8 Å². The Morgan fingerprint density at radius 2 is 2.16 bits per heavy atom. The minimum atomic E-state index is -0.127. The maximum absolute atomic E-state index is 12.6. The van der Waals surface area contributed by atoms with Gasteiger partial charge in [-0.2, -0.15) is 5.10 Å². The van der Waals surface area contributed by atoms with E-state index in [1.807, 2.05) is 55.7 Å². The number of morpholine rings is 1. The normalized spacial score (nSPS) is 16.0. The molecule has 1 amide bonds. The highest BCUT2D eigenvalue weighted by molar-refractivity contribution is 7.22. The molecule has 5 aromatic rings. The second-order valence-corrected chi connectivity index (χ2v) is 10.6. The van der Waals surface area contributed by atoms with Crippen LogP contribution in [-0.2, 0) is 4.74 Å². The maximum Gasteiger partial charge on any atom is 0.252 e. The van der Waals surface area contributed by atoms with Crippen LogP contribution in [0.25, 0.3) is 31.6 Å². The quantitative estimate of drug-likeness (QED) is 0.330. The summed E-state index contributed by atoms with van der Waals surface area (Å²) in [5, 5.41) is 11.2. The number of nitrogens with one attached hydrogen (secondary N) is 2. The van der Waals surface area contributed by atoms with Gasteiger partial charge in [-0.1, -0.05) is 12.1 Å². The van der Waals surface area contributed by atoms with E-state index in [0.717, 1.165) is 50.2 Å². The maximum atomic E-state index is 12.6. The van der Waals surface area contributed by atoms with Gasteiger partial charge in [0.25, 0.3) is 5.91 Å². The summed E-state index contributed by atoms with van der Waals surface area (Å²) < 4.78 is 7.11. The lowest BCUT2D eigenvalue weighted by Crippen LogP contribution is -2.39. The SMILES string of the molecule is CN(C)CCNC(=O)c1cncc(-c2cc3nc(N4CCOC(c5cccc6[nH]ncc56)C4)ncc3s2)c1. The van der Waals surface area contributed by atoms with Crippen molar-refractivity contribution in [1.29, 1.82) is 0 Å². The number of hydrogen-bond acceptors (Lipinski definition) is 9. The van der Waals surface area contributed by atoms with Gasteiger partial charge in [-0.3, -0.25) is 14.9 Å². The van der Waals surface area contributed by atoms with Gasteiger partial charge < -0.3 is 19.9 Å². The van der Waals surface area contributed by atoms with Crippen LogP contribution in [0, 0.1) is 0 Å². The van der Waals surface area contributed by atoms with Crippen LogP contribution in [0.1, 0.15) is 22.0 Å². The summed E-state index contributed by atoms with van der Waals surface area (Å²) in [4.78, 5) is 31.6. The Morgan fingerprint density at radius 3 is 3.05 bits per heavy atom. The first-order valence-electron chi connectivity index (χ1n) is 12.5. The zero-order valence-electron chi connectivity index (χ0n) is 21.2. The van der Waals surface area contributed by atoms with Crippen molar-refractivity contribution in [2.24, 2.45) is 0 Å². The number of rotatable bonds is 7. The molecule has 1 aliphatic heterocycles. The Bertz CT molecular complexity index is 1600. The van der Waals surface area contributed by atoms with Crippen LogP contribution in [0.2, 0.25) is 0 Å². The highest BCUT2D eigenvalue weighted by atomic mass is 32.1. The molecule has 194 valence electrons. The number of H-pyrrole nitrogens is 1. The summed E-state index contributed by atoms with van der Waals surface area (Å²) in [7, 11) is 3.95. The number of aromatic nitrogens is 5. The second kappa shape index (κ2) is 10.4. The number of hydrogen-bond donors (Lipinski definition) is 2. The van der Waals surface area contributed by atoms with E-state index in [0.29, 0.717) is 31.2 Å². The van der Waals surface area contributed by atoms with E-state index in [4.69, 9.17) is 9.72 Å². The van der Waals surface area contributed by atoms with Crippen molar-refractivity contribution in [2.45, 2.75) is 6.10 Å². The minimum absolute atomic E-state index is 0.0972. The van der Waals surface area contributed by atoms with Crippen LogP contribution in [0.5, 0.6) is 0 Å². The third-order valence-corrected chi connectivity index (χ3v) is 7.71. The molecule has 4 aromatic heterocycles. The van der Waals surface area contributed by atoms with Crippen molar-refractivity contribution in [3.8, 4) is 10.4 Å². The molecule has 1 unspecified atom stereocenters. The average molecular weight is 529 g/mol. The molecule has 1 aromatic carbocycles. The molecule has 38 heavy (non-hydrogen) atoms. The van der Waals surface area contributed by atoms with E-state index in [-0.39, 0.29) is 12.0 Å². The van der Waals surface area contributed by atoms with Gasteiger partial charge in [0.05, 0.1) is 46.8 Å². The highest BCUT2D eigenvalue weighted by Gasteiger charge is 2.26. The van der Waals surface area contributed by atoms with Crippen LogP contribution in [0.3, 0.4) is 0 Å². The van der Waals surface area contributed by atoms with Crippen molar-refractivity contribution in [3.63, 3.8) is 0 Å². The monoisotopic (exact) mass is 528 g/mol. The lowest BCUT2D eigenvalue weighted by molar-refractivity contribution is 0.0402. The fourth-order valence-corrected chi connectivity index (χ4v) is 5.56. The van der Waals surface area contributed by atoms with E-state index < -0.39 is 0 Å². The first-order valence-corrected chi connectivity index (χ1v) is 13.3. The number of aromatic amines is 1. The predicted molar refractivity (Wildman–Crippen MR) is 149 cm³/mol. The van der Waals surface area contributed by atoms with Crippen LogP contribution < -0.4 is 10.2 Å². The van der Waals surface area contributed by atoms with E-state index >= 15 is 0 Å². The Morgan fingerprint density at radius 1 is 1.24 bits per heavy atom. The van der Waals surface area contributed by atoms with E-state index in [2.05, 4.69) is 36.4 Å². The summed E-state index contributed by atoms with van der Waals surface area (Å²) >= 11 is 1.59. The summed E-state index contributed by atoms with van der Waals surface area (Å²) in [6, 6.07) is 10.0. The Kier molecular flexibility index (Phi) is 6.71. The summed E-state index contributed by atoms with van der Waals surface area (Å²) in [6.45, 7) is 3.32. The number of likely N-dealkylation sites (N-methyl/N-ethyl adjacent to an activating group) is 1. The molecule has 0 spiro atoms. The molecule has 5 heterocycles. The third-order valence-electron chi connectivity index (χ3n) is 6.60. The largest absolute Gasteiger partial charge is 0.370 e. The van der Waals surface area contributed by atoms with Gasteiger partial charge >= 0.3 is 0 Å². The number of benzene rings is 1. The molecule has 1 aliphatic rings. The number of thiophene rings is 1. The fraction of sp³-hybridized carbons (Fsp3) is 0.296. The molecule has 2 N–H and O–H groups in total. The molecule has 0 aliphatic carbocycles. The average Bonchev–Trinajstić information content (AvgIpc) is 3.60. The van der Waals surface area contributed by atoms with Crippen molar-refractivity contribution < 1.29 is 9.53 Å². The number of carbonyl (C=O) groups excluding carboxylic acids is 1. The molecular weight excluding hydrogens is 500 g/mol. The summed E-state index contributed by atoms with van der Waals surface area (Å²) in [5.74, 6) is 0.555. The lowest BCUT2D eigenvalue weighted by Gasteiger charge is -2.33. The van der Waals surface area contributed by atoms with E-state index in [1.165, 1.54) is 0 Å². The van der Waals surface area contributed by atoms with Crippen LogP contribution >= 0.6 is 11.3 Å². The summed E-state index contributed by atoms with van der Waals surface area (Å²) in [6.07, 6.45) is 7.00. The molecule has 0 saturated carbocycles. The molecule has 10 nitrogen and oxygen atoms in total. The van der Waals surface area contributed by atoms with Gasteiger partial charge in [-0.15, -0.1) is 11.3 Å². The van der Waals surface area contributed by atoms with Gasteiger partial charge in [0.1, 0.15) is 6.10 Å². The molecule has 1 fully saturated rings.